The van der Waals surface area contributed by atoms with Crippen LogP contribution in [0.4, 0.5) is 0 Å². The van der Waals surface area contributed by atoms with Crippen molar-refractivity contribution in [2.75, 3.05) is 11.5 Å². The Bertz CT molecular complexity index is 1080. The van der Waals surface area contributed by atoms with Gasteiger partial charge in [-0.2, -0.15) is 0 Å². The van der Waals surface area contributed by atoms with E-state index >= 15 is 0 Å². The van der Waals surface area contributed by atoms with Crippen LogP contribution < -0.4 is 5.32 Å². The summed E-state index contributed by atoms with van der Waals surface area (Å²) in [6.07, 6.45) is 7.15. The fraction of sp³-hybridized carbons (Fsp3) is 0.222. The van der Waals surface area contributed by atoms with Crippen LogP contribution in [0.25, 0.3) is 22.0 Å². The molecule has 1 saturated heterocycles. The Kier molecular flexibility index (Phi) is 4.12. The minimum Gasteiger partial charge on any atom is -0.347 e. The predicted octanol–water partition coefficient (Wildman–Crippen LogP) is 1.61. The molecule has 0 aliphatic carbocycles. The predicted molar refractivity (Wildman–Crippen MR) is 97.3 cm³/mol. The highest BCUT2D eigenvalue weighted by atomic mass is 32.2. The number of aromatic nitrogens is 3. The number of nitrogens with one attached hydrogen (secondary N) is 1. The van der Waals surface area contributed by atoms with Crippen molar-refractivity contribution in [3.63, 3.8) is 0 Å². The lowest BCUT2D eigenvalue weighted by atomic mass is 10.0. The lowest BCUT2D eigenvalue weighted by Crippen LogP contribution is -2.36. The molecule has 1 N–H and O–H groups in total. The molecule has 0 spiro atoms. The highest BCUT2D eigenvalue weighted by Crippen LogP contribution is 2.27. The summed E-state index contributed by atoms with van der Waals surface area (Å²) in [5, 5.41) is 3.60. The zero-order valence-electron chi connectivity index (χ0n) is 13.8. The van der Waals surface area contributed by atoms with Crippen molar-refractivity contribution in [2.24, 2.45) is 0 Å². The molecule has 0 unspecified atom stereocenters. The molecule has 3 aromatic heterocycles. The number of carbonyl (C=O) groups is 1. The van der Waals surface area contributed by atoms with Crippen molar-refractivity contribution in [1.29, 1.82) is 0 Å². The molecular formula is C18H16N4O3S. The maximum atomic E-state index is 12.6. The van der Waals surface area contributed by atoms with E-state index in [0.29, 0.717) is 11.9 Å². The van der Waals surface area contributed by atoms with E-state index in [1.165, 1.54) is 0 Å². The van der Waals surface area contributed by atoms with Gasteiger partial charge in [0.25, 0.3) is 5.91 Å². The number of amides is 1. The van der Waals surface area contributed by atoms with E-state index in [1.54, 1.807) is 36.9 Å². The number of nitrogens with zero attached hydrogens (tertiary/aromatic N) is 3. The fourth-order valence-electron chi connectivity index (χ4n) is 3.11. The Labute approximate surface area is 150 Å². The quantitative estimate of drug-likeness (QED) is 0.753. The average molecular weight is 368 g/mol. The van der Waals surface area contributed by atoms with E-state index in [-0.39, 0.29) is 29.1 Å². The van der Waals surface area contributed by atoms with E-state index in [9.17, 15) is 13.2 Å². The molecule has 0 radical (unpaired) electrons. The Morgan fingerprint density at radius 3 is 2.73 bits per heavy atom. The molecule has 26 heavy (non-hydrogen) atoms. The van der Waals surface area contributed by atoms with Crippen LogP contribution in [-0.4, -0.2) is 46.8 Å². The first-order valence-corrected chi connectivity index (χ1v) is 10.0. The van der Waals surface area contributed by atoms with Crippen LogP contribution in [0.1, 0.15) is 16.9 Å². The van der Waals surface area contributed by atoms with E-state index in [4.69, 9.17) is 0 Å². The summed E-state index contributed by atoms with van der Waals surface area (Å²) in [7, 11) is -3.06. The normalized spacial score (nSPS) is 18.7. The highest BCUT2D eigenvalue weighted by Gasteiger charge is 2.29. The summed E-state index contributed by atoms with van der Waals surface area (Å²) in [5.41, 5.74) is 2.54. The standard InChI is InChI=1S/C18H16N4O3S/c23-18(21-13-4-7-26(24,25)11-13)17-8-14(12-2-1-5-19-9-12)15-10-20-6-3-16(15)22-17/h1-3,5-6,8-10,13H,4,7,11H2,(H,21,23)/t13-/m0/s1. The molecule has 0 aromatic carbocycles. The van der Waals surface area contributed by atoms with Crippen LogP contribution in [-0.2, 0) is 9.84 Å². The van der Waals surface area contributed by atoms with Crippen LogP contribution in [0.2, 0.25) is 0 Å². The minimum absolute atomic E-state index is 0.0221. The van der Waals surface area contributed by atoms with Gasteiger partial charge in [0.15, 0.2) is 9.84 Å². The summed E-state index contributed by atoms with van der Waals surface area (Å²) in [6.45, 7) is 0. The van der Waals surface area contributed by atoms with Crippen LogP contribution in [0.5, 0.6) is 0 Å². The molecule has 1 aliphatic heterocycles. The van der Waals surface area contributed by atoms with Crippen LogP contribution in [0.15, 0.2) is 49.1 Å². The number of pyridine rings is 3. The molecular weight excluding hydrogens is 352 g/mol. The van der Waals surface area contributed by atoms with Gasteiger partial charge < -0.3 is 5.32 Å². The first-order valence-electron chi connectivity index (χ1n) is 8.18. The largest absolute Gasteiger partial charge is 0.347 e. The van der Waals surface area contributed by atoms with Gasteiger partial charge in [-0.05, 0) is 30.2 Å². The lowest BCUT2D eigenvalue weighted by molar-refractivity contribution is 0.0936. The Morgan fingerprint density at radius 2 is 2.00 bits per heavy atom. The average Bonchev–Trinajstić information content (AvgIpc) is 2.99. The van der Waals surface area contributed by atoms with E-state index in [2.05, 4.69) is 20.3 Å². The van der Waals surface area contributed by atoms with Crippen molar-refractivity contribution in [3.05, 3.63) is 54.7 Å². The topological polar surface area (TPSA) is 102 Å². The van der Waals surface area contributed by atoms with Gasteiger partial charge in [0.2, 0.25) is 0 Å². The summed E-state index contributed by atoms with van der Waals surface area (Å²) in [4.78, 5) is 25.3. The summed E-state index contributed by atoms with van der Waals surface area (Å²) < 4.78 is 23.2. The second kappa shape index (κ2) is 6.45. The van der Waals surface area contributed by atoms with Crippen molar-refractivity contribution < 1.29 is 13.2 Å². The molecule has 1 fully saturated rings. The molecule has 3 aromatic rings. The van der Waals surface area contributed by atoms with Crippen LogP contribution in [0.3, 0.4) is 0 Å². The highest BCUT2D eigenvalue weighted by molar-refractivity contribution is 7.91. The third-order valence-electron chi connectivity index (χ3n) is 4.38. The molecule has 1 aliphatic rings. The van der Waals surface area contributed by atoms with E-state index in [0.717, 1.165) is 16.5 Å². The van der Waals surface area contributed by atoms with Crippen molar-refractivity contribution in [2.45, 2.75) is 12.5 Å². The Hall–Kier alpha value is -2.87. The third-order valence-corrected chi connectivity index (χ3v) is 6.15. The zero-order chi connectivity index (χ0) is 18.1. The molecule has 0 saturated carbocycles. The molecule has 132 valence electrons. The number of fused-ring (bicyclic) bond motifs is 1. The van der Waals surface area contributed by atoms with Gasteiger partial charge in [0.1, 0.15) is 5.69 Å². The monoisotopic (exact) mass is 368 g/mol. The second-order valence-corrected chi connectivity index (χ2v) is 8.49. The van der Waals surface area contributed by atoms with Gasteiger partial charge in [0.05, 0.1) is 17.0 Å². The summed E-state index contributed by atoms with van der Waals surface area (Å²) in [5.74, 6) is -0.294. The Morgan fingerprint density at radius 1 is 1.15 bits per heavy atom. The van der Waals surface area contributed by atoms with Gasteiger partial charge in [-0.3, -0.25) is 14.8 Å². The number of carbonyl (C=O) groups excluding carboxylic acids is 1. The maximum absolute atomic E-state index is 12.6. The second-order valence-electron chi connectivity index (χ2n) is 6.26. The van der Waals surface area contributed by atoms with Crippen molar-refractivity contribution in [1.82, 2.24) is 20.3 Å². The maximum Gasteiger partial charge on any atom is 0.270 e. The van der Waals surface area contributed by atoms with E-state index in [1.807, 2.05) is 12.1 Å². The molecule has 4 heterocycles. The molecule has 4 rings (SSSR count). The van der Waals surface area contributed by atoms with Gasteiger partial charge in [-0.1, -0.05) is 6.07 Å². The number of hydrogen-bond donors (Lipinski definition) is 1. The number of rotatable bonds is 3. The SMILES string of the molecule is O=C(N[C@H]1CCS(=O)(=O)C1)c1cc(-c2cccnc2)c2cnccc2n1. The van der Waals surface area contributed by atoms with Crippen molar-refractivity contribution >= 4 is 26.6 Å². The van der Waals surface area contributed by atoms with Crippen LogP contribution >= 0.6 is 0 Å². The number of sulfone groups is 1. The van der Waals surface area contributed by atoms with Gasteiger partial charge in [-0.25, -0.2) is 13.4 Å². The first kappa shape index (κ1) is 16.6. The van der Waals surface area contributed by atoms with Gasteiger partial charge >= 0.3 is 0 Å². The molecule has 8 heteroatoms. The molecule has 7 nitrogen and oxygen atoms in total. The Balaban J connectivity index is 1.73. The third kappa shape index (κ3) is 3.28. The van der Waals surface area contributed by atoms with Gasteiger partial charge in [0, 0.05) is 41.8 Å². The number of hydrogen-bond acceptors (Lipinski definition) is 6. The molecule has 1 atom stereocenters. The summed E-state index contributed by atoms with van der Waals surface area (Å²) in [6, 6.07) is 6.79. The zero-order valence-corrected chi connectivity index (χ0v) is 14.6. The fourth-order valence-corrected chi connectivity index (χ4v) is 4.79. The summed E-state index contributed by atoms with van der Waals surface area (Å²) >= 11 is 0. The smallest absolute Gasteiger partial charge is 0.270 e. The first-order chi connectivity index (χ1) is 12.5. The van der Waals surface area contributed by atoms with Crippen molar-refractivity contribution in [3.8, 4) is 11.1 Å². The molecule has 0 bridgehead atoms. The lowest BCUT2D eigenvalue weighted by Gasteiger charge is -2.12. The molecule has 1 amide bonds. The van der Waals surface area contributed by atoms with E-state index < -0.39 is 9.84 Å². The van der Waals surface area contributed by atoms with Crippen LogP contribution in [0, 0.1) is 0 Å². The van der Waals surface area contributed by atoms with Gasteiger partial charge in [-0.15, -0.1) is 0 Å². The minimum atomic E-state index is -3.06.